The molecule has 3 rings (SSSR count). The second kappa shape index (κ2) is 13.7. The van der Waals surface area contributed by atoms with Gasteiger partial charge in [0.1, 0.15) is 16.9 Å². The zero-order valence-corrected chi connectivity index (χ0v) is 25.5. The second-order valence-electron chi connectivity index (χ2n) is 12.2. The molecule has 2 saturated heterocycles. The first-order valence-corrected chi connectivity index (χ1v) is 15.1. The molecule has 0 unspecified atom stereocenters. The van der Waals surface area contributed by atoms with Crippen LogP contribution < -0.4 is 16.2 Å². The number of nitrogens with one attached hydrogen (secondary N) is 1. The lowest BCUT2D eigenvalue weighted by atomic mass is 10.0. The van der Waals surface area contributed by atoms with E-state index in [0.29, 0.717) is 25.9 Å². The number of carbonyl (C=O) groups is 2. The first kappa shape index (κ1) is 34.0. The molecule has 41 heavy (non-hydrogen) atoms. The third kappa shape index (κ3) is 11.7. The van der Waals surface area contributed by atoms with Gasteiger partial charge in [-0.25, -0.2) is 23.1 Å². The zero-order valence-electron chi connectivity index (χ0n) is 24.7. The molecule has 0 radical (unpaired) electrons. The predicted molar refractivity (Wildman–Crippen MR) is 154 cm³/mol. The lowest BCUT2D eigenvalue weighted by Crippen LogP contribution is -2.44. The van der Waals surface area contributed by atoms with Gasteiger partial charge < -0.3 is 30.3 Å². The minimum absolute atomic E-state index is 0.0947. The van der Waals surface area contributed by atoms with Gasteiger partial charge in [0.15, 0.2) is 0 Å². The first-order valence-electron chi connectivity index (χ1n) is 13.5. The Morgan fingerprint density at radius 3 is 1.76 bits per heavy atom. The third-order valence-electron chi connectivity index (χ3n) is 6.19. The molecule has 0 aromatic heterocycles. The molecule has 15 heteroatoms. The standard InChI is InChI=1S/C16H24N4O6S.C10H20N2O2/c1-16(2,3)26-15(21)19-8-6-11(7-9-19)18-13-5-4-12(27(17,24)25)10-14(13)20(22)23;1-10(2,3)14-9(13)12-6-4-8(11)5-7-12/h4-5,10-11,18H,6-9H2,1-3H3,(H2,17,24,25);8H,4-7,11H2,1-3H3. The van der Waals surface area contributed by atoms with Gasteiger partial charge in [0, 0.05) is 44.3 Å². The number of nitro benzene ring substituents is 1. The van der Waals surface area contributed by atoms with Gasteiger partial charge in [-0.05, 0) is 79.4 Å². The molecule has 2 heterocycles. The lowest BCUT2D eigenvalue weighted by Gasteiger charge is -2.34. The summed E-state index contributed by atoms with van der Waals surface area (Å²) in [6.07, 6.45) is 2.30. The molecule has 2 fully saturated rings. The quantitative estimate of drug-likeness (QED) is 0.340. The highest BCUT2D eigenvalue weighted by atomic mass is 32.2. The van der Waals surface area contributed by atoms with E-state index in [1.807, 2.05) is 20.8 Å². The number of likely N-dealkylation sites (tertiary alicyclic amines) is 2. The highest BCUT2D eigenvalue weighted by molar-refractivity contribution is 7.89. The molecule has 0 spiro atoms. The number of rotatable bonds is 4. The van der Waals surface area contributed by atoms with E-state index in [0.717, 1.165) is 32.0 Å². The largest absolute Gasteiger partial charge is 0.444 e. The third-order valence-corrected chi connectivity index (χ3v) is 7.10. The summed E-state index contributed by atoms with van der Waals surface area (Å²) in [6.45, 7) is 13.4. The number of sulfonamides is 1. The molecule has 0 aliphatic carbocycles. The number of anilines is 1. The summed E-state index contributed by atoms with van der Waals surface area (Å²) in [4.78, 5) is 37.3. The van der Waals surface area contributed by atoms with Crippen LogP contribution in [0.5, 0.6) is 0 Å². The summed E-state index contributed by atoms with van der Waals surface area (Å²) in [5.74, 6) is 0. The molecule has 1 aromatic rings. The summed E-state index contributed by atoms with van der Waals surface area (Å²) >= 11 is 0. The number of benzene rings is 1. The highest BCUT2D eigenvalue weighted by Crippen LogP contribution is 2.29. The lowest BCUT2D eigenvalue weighted by molar-refractivity contribution is -0.384. The molecule has 232 valence electrons. The van der Waals surface area contributed by atoms with Crippen molar-refractivity contribution in [1.29, 1.82) is 0 Å². The Bertz CT molecular complexity index is 1180. The van der Waals surface area contributed by atoms with Crippen LogP contribution in [0.4, 0.5) is 21.0 Å². The molecule has 14 nitrogen and oxygen atoms in total. The number of nitro groups is 1. The smallest absolute Gasteiger partial charge is 0.410 e. The number of hydrogen-bond acceptors (Lipinski definition) is 10. The highest BCUT2D eigenvalue weighted by Gasteiger charge is 2.29. The number of nitrogens with two attached hydrogens (primary N) is 2. The van der Waals surface area contributed by atoms with E-state index in [1.165, 1.54) is 12.1 Å². The van der Waals surface area contributed by atoms with Crippen molar-refractivity contribution in [2.45, 2.75) is 95.4 Å². The Hall–Kier alpha value is -3.17. The SMILES string of the molecule is CC(C)(C)OC(=O)N1CCC(N)CC1.CC(C)(C)OC(=O)N1CCC(Nc2ccc(S(N)(=O)=O)cc2[N+](=O)[O-])CC1. The average molecular weight is 601 g/mol. The normalized spacial score (nSPS) is 17.3. The maximum atomic E-state index is 12.1. The second-order valence-corrected chi connectivity index (χ2v) is 13.7. The molecular weight excluding hydrogens is 556 g/mol. The Kier molecular flexibility index (Phi) is 11.3. The van der Waals surface area contributed by atoms with Crippen LogP contribution in [-0.2, 0) is 19.5 Å². The van der Waals surface area contributed by atoms with E-state index >= 15 is 0 Å². The summed E-state index contributed by atoms with van der Waals surface area (Å²) in [7, 11) is -4.03. The molecule has 5 N–H and O–H groups in total. The molecule has 0 bridgehead atoms. The minimum Gasteiger partial charge on any atom is -0.444 e. The fourth-order valence-corrected chi connectivity index (χ4v) is 4.66. The van der Waals surface area contributed by atoms with Gasteiger partial charge in [-0.3, -0.25) is 10.1 Å². The van der Waals surface area contributed by atoms with E-state index in [2.05, 4.69) is 5.32 Å². The van der Waals surface area contributed by atoms with Gasteiger partial charge >= 0.3 is 12.2 Å². The van der Waals surface area contributed by atoms with Gasteiger partial charge in [-0.15, -0.1) is 0 Å². The van der Waals surface area contributed by atoms with Gasteiger partial charge in [-0.2, -0.15) is 0 Å². The number of nitrogens with zero attached hydrogens (tertiary/aromatic N) is 3. The van der Waals surface area contributed by atoms with Crippen molar-refractivity contribution in [3.05, 3.63) is 28.3 Å². The van der Waals surface area contributed by atoms with Crippen LogP contribution in [0.2, 0.25) is 0 Å². The van der Waals surface area contributed by atoms with Crippen molar-refractivity contribution >= 4 is 33.6 Å². The Balaban J connectivity index is 0.000000353. The van der Waals surface area contributed by atoms with Crippen molar-refractivity contribution in [3.8, 4) is 0 Å². The molecule has 1 aromatic carbocycles. The topological polar surface area (TPSA) is 200 Å². The van der Waals surface area contributed by atoms with Crippen LogP contribution in [0, 0.1) is 10.1 Å². The van der Waals surface area contributed by atoms with Crippen LogP contribution in [0.15, 0.2) is 23.1 Å². The fourth-order valence-electron chi connectivity index (χ4n) is 4.12. The number of piperidine rings is 2. The number of carbonyl (C=O) groups excluding carboxylic acids is 2. The maximum Gasteiger partial charge on any atom is 0.410 e. The number of hydrogen-bond donors (Lipinski definition) is 3. The summed E-state index contributed by atoms with van der Waals surface area (Å²) in [5.41, 5.74) is 4.61. The summed E-state index contributed by atoms with van der Waals surface area (Å²) in [5, 5.41) is 19.4. The van der Waals surface area contributed by atoms with Crippen LogP contribution in [0.3, 0.4) is 0 Å². The van der Waals surface area contributed by atoms with Crippen molar-refractivity contribution in [1.82, 2.24) is 9.80 Å². The van der Waals surface area contributed by atoms with E-state index in [-0.39, 0.29) is 40.5 Å². The monoisotopic (exact) mass is 600 g/mol. The average Bonchev–Trinajstić information content (AvgIpc) is 2.82. The molecule has 2 amide bonds. The van der Waals surface area contributed by atoms with Gasteiger partial charge in [0.05, 0.1) is 9.82 Å². The van der Waals surface area contributed by atoms with Crippen LogP contribution in [0.25, 0.3) is 0 Å². The van der Waals surface area contributed by atoms with Gasteiger partial charge in [0.25, 0.3) is 5.69 Å². The van der Waals surface area contributed by atoms with Crippen LogP contribution in [0.1, 0.15) is 67.2 Å². The van der Waals surface area contributed by atoms with Crippen molar-refractivity contribution in [2.75, 3.05) is 31.5 Å². The molecule has 2 aliphatic rings. The molecule has 0 atom stereocenters. The molecule has 2 aliphatic heterocycles. The Labute approximate surface area is 241 Å². The summed E-state index contributed by atoms with van der Waals surface area (Å²) in [6, 6.07) is 3.64. The predicted octanol–water partition coefficient (Wildman–Crippen LogP) is 3.40. The minimum atomic E-state index is -4.03. The van der Waals surface area contributed by atoms with Crippen LogP contribution in [-0.4, -0.2) is 84.8 Å². The first-order chi connectivity index (χ1) is 18.7. The Morgan fingerprint density at radius 1 is 0.927 bits per heavy atom. The van der Waals surface area contributed by atoms with Gasteiger partial charge in [0.2, 0.25) is 10.0 Å². The number of ether oxygens (including phenoxy) is 2. The summed E-state index contributed by atoms with van der Waals surface area (Å²) < 4.78 is 33.4. The van der Waals surface area contributed by atoms with E-state index in [1.54, 1.807) is 30.6 Å². The van der Waals surface area contributed by atoms with Crippen molar-refractivity contribution in [3.63, 3.8) is 0 Å². The maximum absolute atomic E-state index is 12.1. The van der Waals surface area contributed by atoms with Crippen LogP contribution >= 0.6 is 0 Å². The van der Waals surface area contributed by atoms with Crippen molar-refractivity contribution < 1.29 is 32.4 Å². The van der Waals surface area contributed by atoms with Gasteiger partial charge in [-0.1, -0.05) is 0 Å². The van der Waals surface area contributed by atoms with Crippen molar-refractivity contribution in [2.24, 2.45) is 10.9 Å². The number of primary sulfonamides is 1. The number of amides is 2. The van der Waals surface area contributed by atoms with E-state index in [9.17, 15) is 28.1 Å². The zero-order chi connectivity index (χ0) is 31.2. The van der Waals surface area contributed by atoms with E-state index in [4.69, 9.17) is 20.3 Å². The fraction of sp³-hybridized carbons (Fsp3) is 0.692. The molecular formula is C26H44N6O8S. The Morgan fingerprint density at radius 2 is 1.37 bits per heavy atom. The molecule has 0 saturated carbocycles. The van der Waals surface area contributed by atoms with E-state index < -0.39 is 26.1 Å².